The molecule has 0 amide bonds. The van der Waals surface area contributed by atoms with Gasteiger partial charge in [0, 0.05) is 12.1 Å². The van der Waals surface area contributed by atoms with Gasteiger partial charge >= 0.3 is 0 Å². The first-order chi connectivity index (χ1) is 5.74. The van der Waals surface area contributed by atoms with Crippen molar-refractivity contribution in [1.82, 2.24) is 5.32 Å². The molecular formula is C11H23N. The fourth-order valence-electron chi connectivity index (χ4n) is 1.38. The van der Waals surface area contributed by atoms with Gasteiger partial charge < -0.3 is 5.32 Å². The average Bonchev–Trinajstić information content (AvgIpc) is 2.10. The first kappa shape index (κ1) is 11.7. The fraction of sp³-hybridized carbons (Fsp3) is 0.818. The van der Waals surface area contributed by atoms with Gasteiger partial charge in [0.1, 0.15) is 0 Å². The highest BCUT2D eigenvalue weighted by Gasteiger charge is 2.06. The van der Waals surface area contributed by atoms with E-state index in [-0.39, 0.29) is 0 Å². The Morgan fingerprint density at radius 2 is 1.92 bits per heavy atom. The highest BCUT2D eigenvalue weighted by molar-refractivity contribution is 4.73. The molecule has 0 spiro atoms. The molecule has 0 fully saturated rings. The molecule has 0 aromatic heterocycles. The van der Waals surface area contributed by atoms with Crippen molar-refractivity contribution in [3.8, 4) is 0 Å². The molecule has 1 heteroatoms. The van der Waals surface area contributed by atoms with Crippen LogP contribution in [0.4, 0.5) is 0 Å². The van der Waals surface area contributed by atoms with Crippen molar-refractivity contribution in [3.05, 3.63) is 12.7 Å². The molecule has 0 aromatic carbocycles. The van der Waals surface area contributed by atoms with Crippen molar-refractivity contribution >= 4 is 0 Å². The molecule has 0 aromatic rings. The molecule has 0 aliphatic carbocycles. The molecule has 0 rings (SSSR count). The lowest BCUT2D eigenvalue weighted by Crippen LogP contribution is -2.35. The third-order valence-corrected chi connectivity index (χ3v) is 2.31. The van der Waals surface area contributed by atoms with Gasteiger partial charge in [0.15, 0.2) is 0 Å². The van der Waals surface area contributed by atoms with Gasteiger partial charge in [-0.3, -0.25) is 0 Å². The van der Waals surface area contributed by atoms with Crippen molar-refractivity contribution in [2.45, 2.75) is 58.5 Å². The van der Waals surface area contributed by atoms with Crippen LogP contribution >= 0.6 is 0 Å². The van der Waals surface area contributed by atoms with Crippen molar-refractivity contribution in [2.24, 2.45) is 0 Å². The van der Waals surface area contributed by atoms with E-state index in [1.54, 1.807) is 0 Å². The molecule has 0 saturated carbocycles. The maximum Gasteiger partial charge on any atom is 0.00642 e. The van der Waals surface area contributed by atoms with Gasteiger partial charge in [0.05, 0.1) is 0 Å². The van der Waals surface area contributed by atoms with Gasteiger partial charge in [-0.05, 0) is 32.6 Å². The number of nitrogens with one attached hydrogen (secondary N) is 1. The predicted octanol–water partition coefficient (Wildman–Crippen LogP) is 3.12. The molecule has 0 aliphatic rings. The molecule has 0 radical (unpaired) electrons. The predicted molar refractivity (Wildman–Crippen MR) is 56.4 cm³/mol. The topological polar surface area (TPSA) is 12.0 Å². The Morgan fingerprint density at radius 1 is 1.33 bits per heavy atom. The fourth-order valence-corrected chi connectivity index (χ4v) is 1.38. The van der Waals surface area contributed by atoms with E-state index in [2.05, 4.69) is 32.7 Å². The third kappa shape index (κ3) is 5.36. The highest BCUT2D eigenvalue weighted by atomic mass is 14.9. The van der Waals surface area contributed by atoms with E-state index in [9.17, 15) is 0 Å². The van der Waals surface area contributed by atoms with Crippen LogP contribution in [0, 0.1) is 0 Å². The van der Waals surface area contributed by atoms with E-state index < -0.39 is 0 Å². The minimum atomic E-state index is 0.632. The summed E-state index contributed by atoms with van der Waals surface area (Å²) in [6, 6.07) is 1.33. The lowest BCUT2D eigenvalue weighted by Gasteiger charge is -2.20. The molecule has 1 N–H and O–H groups in total. The Kier molecular flexibility index (Phi) is 7.17. The molecule has 0 saturated heterocycles. The largest absolute Gasteiger partial charge is 0.312 e. The number of rotatable bonds is 7. The van der Waals surface area contributed by atoms with Crippen LogP contribution in [-0.4, -0.2) is 12.1 Å². The van der Waals surface area contributed by atoms with Crippen LogP contribution in [0.2, 0.25) is 0 Å². The standard InChI is InChI=1S/C11H23N/c1-5-8-9-10(4)12-11(6-2)7-3/h5,10-12H,1,6-9H2,2-4H3. The van der Waals surface area contributed by atoms with Crippen molar-refractivity contribution < 1.29 is 0 Å². The zero-order valence-corrected chi connectivity index (χ0v) is 8.77. The lowest BCUT2D eigenvalue weighted by atomic mass is 10.1. The molecule has 1 unspecified atom stereocenters. The second kappa shape index (κ2) is 7.35. The molecule has 1 atom stereocenters. The quantitative estimate of drug-likeness (QED) is 0.577. The Balaban J connectivity index is 3.50. The second-order valence-electron chi connectivity index (χ2n) is 3.45. The second-order valence-corrected chi connectivity index (χ2v) is 3.45. The molecule has 72 valence electrons. The van der Waals surface area contributed by atoms with Gasteiger partial charge in [-0.25, -0.2) is 0 Å². The normalized spacial score (nSPS) is 13.3. The van der Waals surface area contributed by atoms with E-state index in [1.165, 1.54) is 19.3 Å². The molecule has 0 bridgehead atoms. The van der Waals surface area contributed by atoms with Gasteiger partial charge in [-0.1, -0.05) is 19.9 Å². The number of allylic oxidation sites excluding steroid dienone is 1. The van der Waals surface area contributed by atoms with Crippen molar-refractivity contribution in [2.75, 3.05) is 0 Å². The van der Waals surface area contributed by atoms with Crippen LogP contribution in [0.25, 0.3) is 0 Å². The molecule has 1 nitrogen and oxygen atoms in total. The lowest BCUT2D eigenvalue weighted by molar-refractivity contribution is 0.410. The summed E-state index contributed by atoms with van der Waals surface area (Å²) in [6.45, 7) is 10.5. The Labute approximate surface area is 77.2 Å². The van der Waals surface area contributed by atoms with Crippen LogP contribution in [0.1, 0.15) is 46.5 Å². The summed E-state index contributed by atoms with van der Waals surface area (Å²) in [7, 11) is 0. The summed E-state index contributed by atoms with van der Waals surface area (Å²) in [5.41, 5.74) is 0. The zero-order chi connectivity index (χ0) is 9.40. The van der Waals surface area contributed by atoms with Crippen molar-refractivity contribution in [1.29, 1.82) is 0 Å². The van der Waals surface area contributed by atoms with Crippen LogP contribution in [0.3, 0.4) is 0 Å². The Hall–Kier alpha value is -0.300. The van der Waals surface area contributed by atoms with Crippen LogP contribution < -0.4 is 5.32 Å². The average molecular weight is 169 g/mol. The molecular weight excluding hydrogens is 146 g/mol. The Bertz CT molecular complexity index is 106. The number of hydrogen-bond donors (Lipinski definition) is 1. The summed E-state index contributed by atoms with van der Waals surface area (Å²) in [4.78, 5) is 0. The molecule has 0 aliphatic heterocycles. The first-order valence-corrected chi connectivity index (χ1v) is 5.11. The summed E-state index contributed by atoms with van der Waals surface area (Å²) in [6.07, 6.45) is 6.78. The van der Waals surface area contributed by atoms with E-state index in [0.717, 1.165) is 6.42 Å². The van der Waals surface area contributed by atoms with E-state index in [1.807, 2.05) is 6.08 Å². The third-order valence-electron chi connectivity index (χ3n) is 2.31. The summed E-state index contributed by atoms with van der Waals surface area (Å²) in [5.74, 6) is 0. The summed E-state index contributed by atoms with van der Waals surface area (Å²) in [5, 5.41) is 3.60. The van der Waals surface area contributed by atoms with Crippen LogP contribution in [0.15, 0.2) is 12.7 Å². The zero-order valence-electron chi connectivity index (χ0n) is 8.77. The SMILES string of the molecule is C=CCCC(C)NC(CC)CC. The minimum absolute atomic E-state index is 0.632. The summed E-state index contributed by atoms with van der Waals surface area (Å²) < 4.78 is 0. The molecule has 0 heterocycles. The van der Waals surface area contributed by atoms with E-state index in [0.29, 0.717) is 12.1 Å². The monoisotopic (exact) mass is 169 g/mol. The van der Waals surface area contributed by atoms with E-state index in [4.69, 9.17) is 0 Å². The van der Waals surface area contributed by atoms with E-state index >= 15 is 0 Å². The summed E-state index contributed by atoms with van der Waals surface area (Å²) >= 11 is 0. The van der Waals surface area contributed by atoms with Gasteiger partial charge in [0.25, 0.3) is 0 Å². The highest BCUT2D eigenvalue weighted by Crippen LogP contribution is 2.02. The van der Waals surface area contributed by atoms with Gasteiger partial charge in [-0.15, -0.1) is 6.58 Å². The van der Waals surface area contributed by atoms with Crippen molar-refractivity contribution in [3.63, 3.8) is 0 Å². The maximum absolute atomic E-state index is 3.72. The number of hydrogen-bond acceptors (Lipinski definition) is 1. The van der Waals surface area contributed by atoms with Crippen LogP contribution in [-0.2, 0) is 0 Å². The van der Waals surface area contributed by atoms with Gasteiger partial charge in [0.2, 0.25) is 0 Å². The molecule has 12 heavy (non-hydrogen) atoms. The van der Waals surface area contributed by atoms with Crippen LogP contribution in [0.5, 0.6) is 0 Å². The minimum Gasteiger partial charge on any atom is -0.312 e. The maximum atomic E-state index is 3.72. The van der Waals surface area contributed by atoms with Gasteiger partial charge in [-0.2, -0.15) is 0 Å². The Morgan fingerprint density at radius 3 is 2.33 bits per heavy atom. The first-order valence-electron chi connectivity index (χ1n) is 5.11. The smallest absolute Gasteiger partial charge is 0.00642 e.